The lowest BCUT2D eigenvalue weighted by Crippen LogP contribution is -2.54. The molecule has 0 radical (unpaired) electrons. The monoisotopic (exact) mass is 453 g/mol. The van der Waals surface area contributed by atoms with Crippen molar-refractivity contribution in [3.05, 3.63) is 0 Å². The van der Waals surface area contributed by atoms with Gasteiger partial charge in [0.25, 0.3) is 0 Å². The van der Waals surface area contributed by atoms with Crippen LogP contribution >= 0.6 is 35.7 Å². The highest BCUT2D eigenvalue weighted by molar-refractivity contribution is 14.0. The highest BCUT2D eigenvalue weighted by atomic mass is 127. The summed E-state index contributed by atoms with van der Waals surface area (Å²) >= 11 is 2.22. The molecule has 1 saturated carbocycles. The molecule has 134 valence electrons. The maximum absolute atomic E-state index is 5.56. The molecule has 0 bridgehead atoms. The Labute approximate surface area is 162 Å². The Morgan fingerprint density at radius 3 is 2.70 bits per heavy atom. The van der Waals surface area contributed by atoms with E-state index in [4.69, 9.17) is 4.74 Å². The number of halogens is 1. The van der Waals surface area contributed by atoms with E-state index in [9.17, 15) is 0 Å². The Balaban J connectivity index is 0.00000192. The summed E-state index contributed by atoms with van der Waals surface area (Å²) in [6.45, 7) is 7.35. The number of nitrogens with one attached hydrogen (secondary N) is 1. The van der Waals surface area contributed by atoms with Crippen LogP contribution in [0.25, 0.3) is 0 Å². The summed E-state index contributed by atoms with van der Waals surface area (Å²) in [7, 11) is 1.92. The largest absolute Gasteiger partial charge is 0.381 e. The van der Waals surface area contributed by atoms with E-state index in [0.717, 1.165) is 38.7 Å². The van der Waals surface area contributed by atoms with Crippen molar-refractivity contribution in [1.82, 2.24) is 10.2 Å². The van der Waals surface area contributed by atoms with Crippen LogP contribution in [0.15, 0.2) is 4.99 Å². The van der Waals surface area contributed by atoms with Gasteiger partial charge in [-0.05, 0) is 19.3 Å². The first-order valence-corrected chi connectivity index (χ1v) is 9.81. The van der Waals surface area contributed by atoms with Crippen molar-refractivity contribution < 1.29 is 4.74 Å². The van der Waals surface area contributed by atoms with Crippen LogP contribution in [0.5, 0.6) is 0 Å². The fourth-order valence-electron chi connectivity index (χ4n) is 4.00. The molecule has 23 heavy (non-hydrogen) atoms. The molecule has 0 aromatic carbocycles. The van der Waals surface area contributed by atoms with Crippen molar-refractivity contribution in [3.8, 4) is 0 Å². The lowest BCUT2D eigenvalue weighted by atomic mass is 9.87. The Morgan fingerprint density at radius 2 is 2.04 bits per heavy atom. The third-order valence-electron chi connectivity index (χ3n) is 5.50. The molecule has 1 unspecified atom stereocenters. The Hall–Kier alpha value is 0.310. The molecule has 2 heterocycles. The van der Waals surface area contributed by atoms with Crippen molar-refractivity contribution in [1.29, 1.82) is 0 Å². The molecule has 1 spiro atoms. The van der Waals surface area contributed by atoms with Gasteiger partial charge in [-0.2, -0.15) is 11.8 Å². The number of ether oxygens (including phenoxy) is 1. The summed E-state index contributed by atoms with van der Waals surface area (Å²) < 4.78 is 6.06. The highest BCUT2D eigenvalue weighted by Gasteiger charge is 2.38. The molecular formula is C17H32IN3OS. The van der Waals surface area contributed by atoms with Crippen molar-refractivity contribution in [2.75, 3.05) is 45.6 Å². The van der Waals surface area contributed by atoms with Gasteiger partial charge in [-0.3, -0.25) is 4.99 Å². The average Bonchev–Trinajstić information content (AvgIpc) is 2.96. The molecule has 6 heteroatoms. The SMILES string of the molecule is CN=C(NCC1(C)CCOC1)N1CCSC2(CCCCC2)C1.I. The Bertz CT molecular complexity index is 401. The minimum atomic E-state index is 0. The van der Waals surface area contributed by atoms with Crippen molar-refractivity contribution in [3.63, 3.8) is 0 Å². The van der Waals surface area contributed by atoms with Crippen molar-refractivity contribution in [2.45, 2.75) is 50.2 Å². The molecule has 2 saturated heterocycles. The van der Waals surface area contributed by atoms with Gasteiger partial charge in [-0.15, -0.1) is 24.0 Å². The Kier molecular flexibility index (Phi) is 7.35. The molecule has 1 N–H and O–H groups in total. The van der Waals surface area contributed by atoms with Gasteiger partial charge in [0.1, 0.15) is 0 Å². The van der Waals surface area contributed by atoms with Crippen LogP contribution in [0.3, 0.4) is 0 Å². The summed E-state index contributed by atoms with van der Waals surface area (Å²) in [5.41, 5.74) is 0.267. The summed E-state index contributed by atoms with van der Waals surface area (Å²) in [5, 5.41) is 3.63. The van der Waals surface area contributed by atoms with Crippen LogP contribution in [-0.2, 0) is 4.74 Å². The number of rotatable bonds is 2. The number of aliphatic imine (C=N–C) groups is 1. The predicted molar refractivity (Wildman–Crippen MR) is 110 cm³/mol. The smallest absolute Gasteiger partial charge is 0.193 e. The second kappa shape index (κ2) is 8.61. The number of nitrogens with zero attached hydrogens (tertiary/aromatic N) is 2. The van der Waals surface area contributed by atoms with Crippen LogP contribution in [-0.4, -0.2) is 61.3 Å². The van der Waals surface area contributed by atoms with E-state index in [-0.39, 0.29) is 29.4 Å². The predicted octanol–water partition coefficient (Wildman–Crippen LogP) is 3.36. The van der Waals surface area contributed by atoms with Crippen molar-refractivity contribution >= 4 is 41.7 Å². The van der Waals surface area contributed by atoms with Gasteiger partial charge >= 0.3 is 0 Å². The van der Waals surface area contributed by atoms with Crippen LogP contribution in [0.2, 0.25) is 0 Å². The van der Waals surface area contributed by atoms with Crippen LogP contribution in [0.1, 0.15) is 45.4 Å². The maximum Gasteiger partial charge on any atom is 0.193 e. The fourth-order valence-corrected chi connectivity index (χ4v) is 5.57. The molecule has 3 rings (SSSR count). The van der Waals surface area contributed by atoms with E-state index < -0.39 is 0 Å². The van der Waals surface area contributed by atoms with E-state index in [1.54, 1.807) is 0 Å². The molecule has 3 aliphatic rings. The van der Waals surface area contributed by atoms with E-state index in [1.807, 2.05) is 7.05 Å². The van der Waals surface area contributed by atoms with E-state index >= 15 is 0 Å². The van der Waals surface area contributed by atoms with E-state index in [2.05, 4.69) is 33.9 Å². The first-order chi connectivity index (χ1) is 10.6. The Morgan fingerprint density at radius 1 is 1.26 bits per heavy atom. The van der Waals surface area contributed by atoms with Crippen molar-refractivity contribution in [2.24, 2.45) is 10.4 Å². The highest BCUT2D eigenvalue weighted by Crippen LogP contribution is 2.42. The molecule has 0 amide bonds. The third kappa shape index (κ3) is 4.91. The van der Waals surface area contributed by atoms with Crippen LogP contribution in [0, 0.1) is 5.41 Å². The van der Waals surface area contributed by atoms with Gasteiger partial charge in [0.15, 0.2) is 5.96 Å². The summed E-state index contributed by atoms with van der Waals surface area (Å²) in [6.07, 6.45) is 8.16. The molecular weight excluding hydrogens is 421 g/mol. The second-order valence-electron chi connectivity index (χ2n) is 7.53. The molecule has 1 aliphatic carbocycles. The van der Waals surface area contributed by atoms with Gasteiger partial charge in [-0.25, -0.2) is 0 Å². The van der Waals surface area contributed by atoms with Gasteiger partial charge in [0.2, 0.25) is 0 Å². The summed E-state index contributed by atoms with van der Waals surface area (Å²) in [6, 6.07) is 0. The maximum atomic E-state index is 5.56. The number of thioether (sulfide) groups is 1. The van der Waals surface area contributed by atoms with Gasteiger partial charge < -0.3 is 15.0 Å². The van der Waals surface area contributed by atoms with Crippen LogP contribution in [0.4, 0.5) is 0 Å². The topological polar surface area (TPSA) is 36.9 Å². The zero-order valence-electron chi connectivity index (χ0n) is 14.6. The summed E-state index contributed by atoms with van der Waals surface area (Å²) in [4.78, 5) is 7.06. The third-order valence-corrected chi connectivity index (χ3v) is 7.03. The number of hydrogen-bond donors (Lipinski definition) is 1. The molecule has 1 atom stereocenters. The fraction of sp³-hybridized carbons (Fsp3) is 0.941. The molecule has 3 fully saturated rings. The summed E-state index contributed by atoms with van der Waals surface area (Å²) in [5.74, 6) is 2.33. The van der Waals surface area contributed by atoms with E-state index in [1.165, 1.54) is 44.4 Å². The normalized spacial score (nSPS) is 31.0. The minimum Gasteiger partial charge on any atom is -0.381 e. The molecule has 0 aromatic rings. The van der Waals surface area contributed by atoms with Gasteiger partial charge in [-0.1, -0.05) is 26.2 Å². The standard InChI is InChI=1S/C17H31N3OS.HI/c1-16(8-10-21-14-16)12-19-15(18-2)20-9-11-22-17(13-20)6-4-3-5-7-17;/h3-14H2,1-2H3,(H,18,19);1H. The van der Waals surface area contributed by atoms with Gasteiger partial charge in [0, 0.05) is 49.2 Å². The first-order valence-electron chi connectivity index (χ1n) is 8.82. The average molecular weight is 453 g/mol. The lowest BCUT2D eigenvalue weighted by molar-refractivity contribution is 0.160. The second-order valence-corrected chi connectivity index (χ2v) is 9.09. The number of hydrogen-bond acceptors (Lipinski definition) is 3. The quantitative estimate of drug-likeness (QED) is 0.395. The van der Waals surface area contributed by atoms with Crippen LogP contribution < -0.4 is 5.32 Å². The minimum absolute atomic E-state index is 0. The zero-order chi connectivity index (χ0) is 15.5. The van der Waals surface area contributed by atoms with E-state index in [0.29, 0.717) is 4.75 Å². The molecule has 0 aromatic heterocycles. The van der Waals surface area contributed by atoms with Gasteiger partial charge in [0.05, 0.1) is 6.61 Å². The molecule has 2 aliphatic heterocycles. The number of guanidine groups is 1. The molecule has 4 nitrogen and oxygen atoms in total. The first kappa shape index (κ1) is 19.6. The lowest BCUT2D eigenvalue weighted by Gasteiger charge is -2.45. The zero-order valence-corrected chi connectivity index (χ0v) is 17.8.